The van der Waals surface area contributed by atoms with Gasteiger partial charge in [0.15, 0.2) is 0 Å². The van der Waals surface area contributed by atoms with Crippen molar-refractivity contribution in [3.05, 3.63) is 53.7 Å². The number of piperidine rings is 1. The average Bonchev–Trinajstić information content (AvgIpc) is 3.34. The molecule has 4 rings (SSSR count). The second-order valence-corrected chi connectivity index (χ2v) is 10.0. The van der Waals surface area contributed by atoms with Crippen molar-refractivity contribution in [2.75, 3.05) is 31.1 Å². The Bertz CT molecular complexity index is 1090. The predicted molar refractivity (Wildman–Crippen MR) is 117 cm³/mol. The SMILES string of the molecule is O=S(=O)(c1ccc(N2CCCC2)nc1)N1CCC(=NOCc2cccc(C(F)(F)F)c2)CC1. The normalized spacial score (nSPS) is 17.9. The summed E-state index contributed by atoms with van der Waals surface area (Å²) in [7, 11) is -3.66. The van der Waals surface area contributed by atoms with Crippen molar-refractivity contribution in [1.82, 2.24) is 9.29 Å². The van der Waals surface area contributed by atoms with Gasteiger partial charge in [-0.1, -0.05) is 17.3 Å². The Balaban J connectivity index is 1.31. The van der Waals surface area contributed by atoms with Gasteiger partial charge in [0.05, 0.1) is 11.3 Å². The zero-order valence-corrected chi connectivity index (χ0v) is 18.8. The Morgan fingerprint density at radius 2 is 1.76 bits per heavy atom. The molecule has 11 heteroatoms. The summed E-state index contributed by atoms with van der Waals surface area (Å²) in [5, 5.41) is 4.01. The highest BCUT2D eigenvalue weighted by Crippen LogP contribution is 2.29. The van der Waals surface area contributed by atoms with Gasteiger partial charge in [-0.15, -0.1) is 0 Å². The molecule has 1 aromatic heterocycles. The molecule has 2 aromatic rings. The van der Waals surface area contributed by atoms with Gasteiger partial charge in [0.2, 0.25) is 10.0 Å². The Hall–Kier alpha value is -2.66. The number of oxime groups is 1. The Labute approximate surface area is 190 Å². The number of anilines is 1. The first kappa shape index (κ1) is 23.5. The molecule has 2 aliphatic heterocycles. The number of pyridine rings is 1. The van der Waals surface area contributed by atoms with Gasteiger partial charge in [0.1, 0.15) is 17.3 Å². The number of aromatic nitrogens is 1. The van der Waals surface area contributed by atoms with Crippen molar-refractivity contribution < 1.29 is 26.4 Å². The van der Waals surface area contributed by atoms with Crippen LogP contribution < -0.4 is 4.90 Å². The molecule has 2 aliphatic rings. The van der Waals surface area contributed by atoms with Gasteiger partial charge in [0, 0.05) is 45.2 Å². The van der Waals surface area contributed by atoms with Gasteiger partial charge in [-0.2, -0.15) is 17.5 Å². The van der Waals surface area contributed by atoms with Crippen LogP contribution in [0.15, 0.2) is 52.6 Å². The zero-order valence-electron chi connectivity index (χ0n) is 18.0. The summed E-state index contributed by atoms with van der Waals surface area (Å²) in [5.41, 5.74) is 0.299. The fourth-order valence-electron chi connectivity index (χ4n) is 3.92. The van der Waals surface area contributed by atoms with E-state index in [1.807, 2.05) is 0 Å². The van der Waals surface area contributed by atoms with Crippen molar-refractivity contribution in [2.45, 2.75) is 43.4 Å². The van der Waals surface area contributed by atoms with Crippen molar-refractivity contribution in [2.24, 2.45) is 5.16 Å². The Morgan fingerprint density at radius 1 is 1.03 bits per heavy atom. The van der Waals surface area contributed by atoms with E-state index in [0.29, 0.717) is 24.1 Å². The monoisotopic (exact) mass is 482 g/mol. The fourth-order valence-corrected chi connectivity index (χ4v) is 5.31. The predicted octanol–water partition coefficient (Wildman–Crippen LogP) is 4.06. The molecule has 178 valence electrons. The number of benzene rings is 1. The molecule has 0 N–H and O–H groups in total. The highest BCUT2D eigenvalue weighted by atomic mass is 32.2. The van der Waals surface area contributed by atoms with E-state index < -0.39 is 21.8 Å². The van der Waals surface area contributed by atoms with E-state index in [9.17, 15) is 21.6 Å². The first-order chi connectivity index (χ1) is 15.7. The van der Waals surface area contributed by atoms with Gasteiger partial charge < -0.3 is 9.74 Å². The summed E-state index contributed by atoms with van der Waals surface area (Å²) < 4.78 is 65.7. The zero-order chi connectivity index (χ0) is 23.5. The highest BCUT2D eigenvalue weighted by Gasteiger charge is 2.31. The molecule has 33 heavy (non-hydrogen) atoms. The maximum Gasteiger partial charge on any atom is 0.416 e. The summed E-state index contributed by atoms with van der Waals surface area (Å²) in [6, 6.07) is 8.23. The highest BCUT2D eigenvalue weighted by molar-refractivity contribution is 7.89. The number of halogens is 3. The maximum atomic E-state index is 12.9. The molecule has 0 unspecified atom stereocenters. The van der Waals surface area contributed by atoms with Crippen molar-refractivity contribution in [3.8, 4) is 0 Å². The molecular weight excluding hydrogens is 457 g/mol. The van der Waals surface area contributed by atoms with Gasteiger partial charge in [-0.3, -0.25) is 0 Å². The van der Waals surface area contributed by atoms with Crippen molar-refractivity contribution in [1.29, 1.82) is 0 Å². The van der Waals surface area contributed by atoms with Crippen LogP contribution in [0.1, 0.15) is 36.8 Å². The van der Waals surface area contributed by atoms with E-state index in [1.54, 1.807) is 12.1 Å². The van der Waals surface area contributed by atoms with Crippen LogP contribution in [0.25, 0.3) is 0 Å². The minimum atomic E-state index is -4.41. The summed E-state index contributed by atoms with van der Waals surface area (Å²) in [5.74, 6) is 0.789. The largest absolute Gasteiger partial charge is 0.416 e. The topological polar surface area (TPSA) is 75.1 Å². The van der Waals surface area contributed by atoms with E-state index in [1.165, 1.54) is 22.6 Å². The molecule has 2 saturated heterocycles. The van der Waals surface area contributed by atoms with E-state index in [2.05, 4.69) is 15.0 Å². The van der Waals surface area contributed by atoms with Crippen LogP contribution >= 0.6 is 0 Å². The molecule has 0 spiro atoms. The third-order valence-electron chi connectivity index (χ3n) is 5.77. The molecule has 2 fully saturated rings. The summed E-state index contributed by atoms with van der Waals surface area (Å²) in [6.07, 6.45) is 0.00331. The van der Waals surface area contributed by atoms with Crippen LogP contribution in [-0.4, -0.2) is 49.6 Å². The third kappa shape index (κ3) is 5.64. The van der Waals surface area contributed by atoms with Crippen molar-refractivity contribution in [3.63, 3.8) is 0 Å². The van der Waals surface area contributed by atoms with Crippen LogP contribution in [0, 0.1) is 0 Å². The summed E-state index contributed by atoms with van der Waals surface area (Å²) >= 11 is 0. The van der Waals surface area contributed by atoms with Crippen LogP contribution in [0.2, 0.25) is 0 Å². The molecule has 0 aliphatic carbocycles. The third-order valence-corrected chi connectivity index (χ3v) is 7.65. The number of hydrogen-bond acceptors (Lipinski definition) is 6. The van der Waals surface area contributed by atoms with Gasteiger partial charge in [-0.05, 0) is 42.7 Å². The minimum Gasteiger partial charge on any atom is -0.391 e. The van der Waals surface area contributed by atoms with Crippen LogP contribution in [0.5, 0.6) is 0 Å². The van der Waals surface area contributed by atoms with E-state index in [0.717, 1.165) is 43.9 Å². The molecule has 1 aromatic carbocycles. The first-order valence-electron chi connectivity index (χ1n) is 10.8. The molecular formula is C22H25F3N4O3S. The number of nitrogens with zero attached hydrogens (tertiary/aromatic N) is 4. The van der Waals surface area contributed by atoms with E-state index >= 15 is 0 Å². The quantitative estimate of drug-likeness (QED) is 0.581. The Kier molecular flexibility index (Phi) is 6.89. The number of alkyl halides is 3. The summed E-state index contributed by atoms with van der Waals surface area (Å²) in [4.78, 5) is 11.9. The van der Waals surface area contributed by atoms with Gasteiger partial charge in [0.25, 0.3) is 0 Å². The second kappa shape index (κ2) is 9.68. The molecule has 0 bridgehead atoms. The summed E-state index contributed by atoms with van der Waals surface area (Å²) in [6.45, 7) is 2.28. The lowest BCUT2D eigenvalue weighted by molar-refractivity contribution is -0.137. The van der Waals surface area contributed by atoms with Crippen LogP contribution in [0.4, 0.5) is 19.0 Å². The second-order valence-electron chi connectivity index (χ2n) is 8.08. The van der Waals surface area contributed by atoms with Gasteiger partial charge in [-0.25, -0.2) is 13.4 Å². The lowest BCUT2D eigenvalue weighted by Crippen LogP contribution is -2.38. The fraction of sp³-hybridized carbons (Fsp3) is 0.455. The van der Waals surface area contributed by atoms with E-state index in [-0.39, 0.29) is 24.6 Å². The first-order valence-corrected chi connectivity index (χ1v) is 12.2. The molecule has 3 heterocycles. The van der Waals surface area contributed by atoms with Gasteiger partial charge >= 0.3 is 6.18 Å². The molecule has 0 amide bonds. The van der Waals surface area contributed by atoms with E-state index in [4.69, 9.17) is 4.84 Å². The Morgan fingerprint density at radius 3 is 2.39 bits per heavy atom. The maximum absolute atomic E-state index is 12.9. The number of hydrogen-bond donors (Lipinski definition) is 0. The molecule has 0 saturated carbocycles. The number of sulfonamides is 1. The lowest BCUT2D eigenvalue weighted by atomic mass is 10.1. The smallest absolute Gasteiger partial charge is 0.391 e. The minimum absolute atomic E-state index is 0.0928. The van der Waals surface area contributed by atoms with Crippen molar-refractivity contribution >= 4 is 21.6 Å². The lowest BCUT2D eigenvalue weighted by Gasteiger charge is -2.26. The molecule has 7 nitrogen and oxygen atoms in total. The standard InChI is InChI=1S/C22H25F3N4O3S/c23-22(24,25)18-5-3-4-17(14-18)16-32-27-19-8-12-29(13-9-19)33(30,31)20-6-7-21(26-15-20)28-10-1-2-11-28/h3-7,14-15H,1-2,8-13,16H2. The number of rotatable bonds is 6. The molecule has 0 atom stereocenters. The molecule has 0 radical (unpaired) electrons. The average molecular weight is 483 g/mol. The van der Waals surface area contributed by atoms with Crippen LogP contribution in [0.3, 0.4) is 0 Å². The van der Waals surface area contributed by atoms with Crippen LogP contribution in [-0.2, 0) is 27.6 Å².